The van der Waals surface area contributed by atoms with E-state index in [1.54, 1.807) is 6.26 Å². The summed E-state index contributed by atoms with van der Waals surface area (Å²) in [7, 11) is 0. The lowest BCUT2D eigenvalue weighted by Crippen LogP contribution is -2.28. The average molecular weight is 317 g/mol. The van der Waals surface area contributed by atoms with Crippen LogP contribution in [0.5, 0.6) is 0 Å². The summed E-state index contributed by atoms with van der Waals surface area (Å²) in [6.07, 6.45) is 1.65. The second-order valence-electron chi connectivity index (χ2n) is 4.30. The Balaban J connectivity index is 2.20. The van der Waals surface area contributed by atoms with Crippen molar-refractivity contribution >= 4 is 26.7 Å². The van der Waals surface area contributed by atoms with Crippen LogP contribution >= 0.6 is 15.9 Å². The highest BCUT2D eigenvalue weighted by atomic mass is 79.9. The van der Waals surface area contributed by atoms with E-state index in [0.717, 1.165) is 21.2 Å². The van der Waals surface area contributed by atoms with Crippen LogP contribution in [0.4, 0.5) is 0 Å². The number of rotatable bonds is 3. The first-order valence-corrected chi connectivity index (χ1v) is 6.77. The maximum absolute atomic E-state index is 5.73. The minimum Gasteiger partial charge on any atom is -0.466 e. The van der Waals surface area contributed by atoms with Crippen LogP contribution in [-0.4, -0.2) is 0 Å². The fourth-order valence-corrected chi connectivity index (χ4v) is 2.75. The third-order valence-electron chi connectivity index (χ3n) is 3.21. The van der Waals surface area contributed by atoms with E-state index in [9.17, 15) is 0 Å². The van der Waals surface area contributed by atoms with E-state index in [0.29, 0.717) is 0 Å². The second kappa shape index (κ2) is 5.17. The zero-order valence-electron chi connectivity index (χ0n) is 10.1. The van der Waals surface area contributed by atoms with Gasteiger partial charge in [0.05, 0.1) is 10.7 Å². The van der Waals surface area contributed by atoms with Crippen molar-refractivity contribution in [2.75, 3.05) is 0 Å². The number of hydrogen-bond donors (Lipinski definition) is 2. The highest BCUT2D eigenvalue weighted by Gasteiger charge is 2.20. The van der Waals surface area contributed by atoms with Crippen LogP contribution < -0.4 is 11.3 Å². The van der Waals surface area contributed by atoms with Gasteiger partial charge in [-0.2, -0.15) is 0 Å². The molecule has 0 fully saturated rings. The first kappa shape index (κ1) is 12.4. The van der Waals surface area contributed by atoms with Gasteiger partial charge in [0, 0.05) is 0 Å². The molecule has 0 aliphatic heterocycles. The van der Waals surface area contributed by atoms with Gasteiger partial charge in [0.25, 0.3) is 0 Å². The number of halogens is 1. The van der Waals surface area contributed by atoms with Gasteiger partial charge < -0.3 is 4.42 Å². The summed E-state index contributed by atoms with van der Waals surface area (Å²) in [5.74, 6) is 6.50. The summed E-state index contributed by atoms with van der Waals surface area (Å²) in [5.41, 5.74) is 3.92. The van der Waals surface area contributed by atoms with Gasteiger partial charge in [-0.3, -0.25) is 5.84 Å². The van der Waals surface area contributed by atoms with Gasteiger partial charge in [-0.25, -0.2) is 5.43 Å². The van der Waals surface area contributed by atoms with E-state index in [1.165, 1.54) is 5.39 Å². The number of fused-ring (bicyclic) bond motifs is 1. The first-order chi connectivity index (χ1) is 9.31. The molecule has 96 valence electrons. The van der Waals surface area contributed by atoms with Crippen LogP contribution in [0.1, 0.15) is 17.4 Å². The number of nitrogens with one attached hydrogen (secondary N) is 1. The number of benzene rings is 2. The summed E-state index contributed by atoms with van der Waals surface area (Å²) in [5, 5.41) is 2.35. The molecule has 3 aromatic rings. The Morgan fingerprint density at radius 2 is 1.84 bits per heavy atom. The summed E-state index contributed by atoms with van der Waals surface area (Å²) in [6, 6.07) is 16.1. The SMILES string of the molecule is NNC(c1occc1Br)c1cccc2ccccc12. The Hall–Kier alpha value is -1.62. The Kier molecular flexibility index (Phi) is 3.38. The highest BCUT2D eigenvalue weighted by Crippen LogP contribution is 2.32. The lowest BCUT2D eigenvalue weighted by molar-refractivity contribution is 0.451. The Morgan fingerprint density at radius 3 is 2.58 bits per heavy atom. The number of hydrogen-bond acceptors (Lipinski definition) is 3. The van der Waals surface area contributed by atoms with Gasteiger partial charge in [0.15, 0.2) is 0 Å². The second-order valence-corrected chi connectivity index (χ2v) is 5.16. The molecule has 1 unspecified atom stereocenters. The monoisotopic (exact) mass is 316 g/mol. The molecule has 0 aliphatic carbocycles. The average Bonchev–Trinajstić information content (AvgIpc) is 2.86. The van der Waals surface area contributed by atoms with Crippen LogP contribution in [0.2, 0.25) is 0 Å². The van der Waals surface area contributed by atoms with E-state index in [1.807, 2.05) is 24.3 Å². The predicted octanol–water partition coefficient (Wildman–Crippen LogP) is 3.75. The Bertz CT molecular complexity index is 703. The van der Waals surface area contributed by atoms with Crippen molar-refractivity contribution in [2.24, 2.45) is 5.84 Å². The maximum Gasteiger partial charge on any atom is 0.140 e. The number of hydrazine groups is 1. The molecular weight excluding hydrogens is 304 g/mol. The number of furan rings is 1. The van der Waals surface area contributed by atoms with Gasteiger partial charge in [0.1, 0.15) is 11.8 Å². The van der Waals surface area contributed by atoms with E-state index in [-0.39, 0.29) is 6.04 Å². The van der Waals surface area contributed by atoms with Gasteiger partial charge >= 0.3 is 0 Å². The summed E-state index contributed by atoms with van der Waals surface area (Å²) in [6.45, 7) is 0. The molecule has 0 spiro atoms. The molecule has 0 radical (unpaired) electrons. The predicted molar refractivity (Wildman–Crippen MR) is 79.5 cm³/mol. The minimum atomic E-state index is -0.185. The molecule has 3 N–H and O–H groups in total. The molecule has 1 heterocycles. The fourth-order valence-electron chi connectivity index (χ4n) is 2.32. The van der Waals surface area contributed by atoms with Crippen molar-refractivity contribution < 1.29 is 4.42 Å². The third-order valence-corrected chi connectivity index (χ3v) is 3.86. The molecule has 1 atom stereocenters. The van der Waals surface area contributed by atoms with Crippen LogP contribution in [0.3, 0.4) is 0 Å². The molecule has 19 heavy (non-hydrogen) atoms. The van der Waals surface area contributed by atoms with Crippen molar-refractivity contribution in [1.82, 2.24) is 5.43 Å². The quantitative estimate of drug-likeness (QED) is 0.571. The highest BCUT2D eigenvalue weighted by molar-refractivity contribution is 9.10. The molecule has 2 aromatic carbocycles. The smallest absolute Gasteiger partial charge is 0.140 e. The standard InChI is InChI=1S/C15H13BrN2O/c16-13-8-9-19-15(13)14(18-17)12-7-3-5-10-4-1-2-6-11(10)12/h1-9,14,18H,17H2. The maximum atomic E-state index is 5.73. The van der Waals surface area contributed by atoms with Gasteiger partial charge in [-0.15, -0.1) is 0 Å². The molecule has 4 heteroatoms. The Morgan fingerprint density at radius 1 is 1.05 bits per heavy atom. The molecule has 1 aromatic heterocycles. The summed E-state index contributed by atoms with van der Waals surface area (Å²) < 4.78 is 6.44. The minimum absolute atomic E-state index is 0.185. The lowest BCUT2D eigenvalue weighted by atomic mass is 9.98. The topological polar surface area (TPSA) is 51.2 Å². The van der Waals surface area contributed by atoms with Crippen LogP contribution in [0, 0.1) is 0 Å². The van der Waals surface area contributed by atoms with Crippen molar-refractivity contribution in [3.05, 3.63) is 70.6 Å². The van der Waals surface area contributed by atoms with Gasteiger partial charge in [-0.05, 0) is 38.3 Å². The molecule has 0 amide bonds. The molecule has 3 rings (SSSR count). The molecule has 0 bridgehead atoms. The molecular formula is C15H13BrN2O. The zero-order chi connectivity index (χ0) is 13.2. The zero-order valence-corrected chi connectivity index (χ0v) is 11.7. The van der Waals surface area contributed by atoms with Crippen molar-refractivity contribution in [2.45, 2.75) is 6.04 Å². The van der Waals surface area contributed by atoms with Crippen LogP contribution in [0.15, 0.2) is 63.7 Å². The van der Waals surface area contributed by atoms with Gasteiger partial charge in [0.2, 0.25) is 0 Å². The molecule has 0 aliphatic rings. The fraction of sp³-hybridized carbons (Fsp3) is 0.0667. The third kappa shape index (κ3) is 2.18. The van der Waals surface area contributed by atoms with Gasteiger partial charge in [-0.1, -0.05) is 42.5 Å². The van der Waals surface area contributed by atoms with Crippen molar-refractivity contribution in [3.63, 3.8) is 0 Å². The Labute approximate surface area is 119 Å². The first-order valence-electron chi connectivity index (χ1n) is 5.98. The lowest BCUT2D eigenvalue weighted by Gasteiger charge is -2.17. The van der Waals surface area contributed by atoms with E-state index in [4.69, 9.17) is 10.3 Å². The van der Waals surface area contributed by atoms with E-state index in [2.05, 4.69) is 45.6 Å². The largest absolute Gasteiger partial charge is 0.466 e. The summed E-state index contributed by atoms with van der Waals surface area (Å²) >= 11 is 3.48. The molecule has 0 saturated carbocycles. The van der Waals surface area contributed by atoms with Crippen LogP contribution in [0.25, 0.3) is 10.8 Å². The normalized spacial score (nSPS) is 12.7. The molecule has 3 nitrogen and oxygen atoms in total. The summed E-state index contributed by atoms with van der Waals surface area (Å²) in [4.78, 5) is 0. The van der Waals surface area contributed by atoms with Crippen LogP contribution in [-0.2, 0) is 0 Å². The van der Waals surface area contributed by atoms with Crippen molar-refractivity contribution in [3.8, 4) is 0 Å². The van der Waals surface area contributed by atoms with E-state index < -0.39 is 0 Å². The molecule has 0 saturated heterocycles. The van der Waals surface area contributed by atoms with E-state index >= 15 is 0 Å². The number of nitrogens with two attached hydrogens (primary N) is 1. The van der Waals surface area contributed by atoms with Crippen molar-refractivity contribution in [1.29, 1.82) is 0 Å².